The number of anilines is 1. The molecule has 1 N–H and O–H groups in total. The van der Waals surface area contributed by atoms with Gasteiger partial charge in [-0.05, 0) is 30.8 Å². The maximum Gasteiger partial charge on any atom is 0.137 e. The van der Waals surface area contributed by atoms with Crippen molar-refractivity contribution in [3.05, 3.63) is 35.2 Å². The molecule has 2 heterocycles. The molecule has 0 fully saturated rings. The summed E-state index contributed by atoms with van der Waals surface area (Å²) in [6, 6.07) is 5.66. The predicted octanol–water partition coefficient (Wildman–Crippen LogP) is 4.41. The Bertz CT molecular complexity index is 608. The van der Waals surface area contributed by atoms with Crippen LogP contribution >= 0.6 is 23.4 Å². The Labute approximate surface area is 134 Å². The number of rotatable bonds is 4. The van der Waals surface area contributed by atoms with E-state index in [1.165, 1.54) is 11.8 Å². The largest absolute Gasteiger partial charge is 0.370 e. The van der Waals surface area contributed by atoms with E-state index in [0.717, 1.165) is 28.2 Å². The Kier molecular flexibility index (Phi) is 5.06. The molecule has 2 aromatic heterocycles. The van der Waals surface area contributed by atoms with Crippen molar-refractivity contribution >= 4 is 29.2 Å². The zero-order valence-electron chi connectivity index (χ0n) is 12.6. The van der Waals surface area contributed by atoms with Crippen molar-refractivity contribution in [3.63, 3.8) is 0 Å². The van der Waals surface area contributed by atoms with Crippen LogP contribution in [0.2, 0.25) is 5.02 Å². The van der Waals surface area contributed by atoms with Crippen LogP contribution in [0.1, 0.15) is 33.5 Å². The van der Waals surface area contributed by atoms with Crippen molar-refractivity contribution in [2.75, 3.05) is 11.9 Å². The van der Waals surface area contributed by atoms with E-state index in [2.05, 4.69) is 41.0 Å². The van der Waals surface area contributed by atoms with Gasteiger partial charge >= 0.3 is 0 Å². The molecule has 0 spiro atoms. The van der Waals surface area contributed by atoms with Gasteiger partial charge in [-0.1, -0.05) is 32.4 Å². The van der Waals surface area contributed by atoms with Gasteiger partial charge in [0.05, 0.1) is 5.02 Å². The number of nitrogens with one attached hydrogen (secondary N) is 1. The molecule has 0 aliphatic rings. The van der Waals surface area contributed by atoms with E-state index in [1.807, 2.05) is 25.1 Å². The second-order valence-corrected chi connectivity index (χ2v) is 7.09. The first-order chi connectivity index (χ1) is 9.88. The van der Waals surface area contributed by atoms with Crippen LogP contribution in [0.5, 0.6) is 0 Å². The molecule has 0 aliphatic carbocycles. The SMILES string of the molecule is CCNc1cc(Sc2ccc(Cl)cn2)nc(C(C)(C)C)n1. The second kappa shape index (κ2) is 6.62. The van der Waals surface area contributed by atoms with Crippen molar-refractivity contribution in [1.29, 1.82) is 0 Å². The van der Waals surface area contributed by atoms with Gasteiger partial charge in [0.1, 0.15) is 21.7 Å². The first kappa shape index (κ1) is 16.0. The van der Waals surface area contributed by atoms with Gasteiger partial charge in [-0.15, -0.1) is 0 Å². The van der Waals surface area contributed by atoms with E-state index in [9.17, 15) is 0 Å². The minimum Gasteiger partial charge on any atom is -0.370 e. The minimum absolute atomic E-state index is 0.103. The van der Waals surface area contributed by atoms with Gasteiger partial charge in [0.2, 0.25) is 0 Å². The summed E-state index contributed by atoms with van der Waals surface area (Å²) in [6.07, 6.45) is 1.64. The Morgan fingerprint density at radius 3 is 2.52 bits per heavy atom. The van der Waals surface area contributed by atoms with Gasteiger partial charge in [-0.2, -0.15) is 0 Å². The van der Waals surface area contributed by atoms with Crippen LogP contribution in [0.4, 0.5) is 5.82 Å². The fraction of sp³-hybridized carbons (Fsp3) is 0.400. The third kappa shape index (κ3) is 4.58. The summed E-state index contributed by atoms with van der Waals surface area (Å²) in [5.74, 6) is 1.66. The van der Waals surface area contributed by atoms with Crippen LogP contribution in [0.3, 0.4) is 0 Å². The third-order valence-corrected chi connectivity index (χ3v) is 3.73. The van der Waals surface area contributed by atoms with E-state index in [4.69, 9.17) is 11.6 Å². The molecule has 0 aliphatic heterocycles. The molecule has 0 atom stereocenters. The zero-order chi connectivity index (χ0) is 15.5. The van der Waals surface area contributed by atoms with Gasteiger partial charge in [-0.3, -0.25) is 0 Å². The molecule has 4 nitrogen and oxygen atoms in total. The number of hydrogen-bond donors (Lipinski definition) is 1. The number of pyridine rings is 1. The van der Waals surface area contributed by atoms with E-state index in [1.54, 1.807) is 6.20 Å². The molecule has 0 radical (unpaired) electrons. The Morgan fingerprint density at radius 1 is 1.19 bits per heavy atom. The van der Waals surface area contributed by atoms with Crippen molar-refractivity contribution < 1.29 is 0 Å². The summed E-state index contributed by atoms with van der Waals surface area (Å²) < 4.78 is 0. The molecule has 21 heavy (non-hydrogen) atoms. The fourth-order valence-electron chi connectivity index (χ4n) is 1.61. The average molecular weight is 323 g/mol. The Morgan fingerprint density at radius 2 is 1.95 bits per heavy atom. The fourth-order valence-corrected chi connectivity index (χ4v) is 2.48. The Balaban J connectivity index is 2.33. The molecule has 0 bridgehead atoms. The zero-order valence-corrected chi connectivity index (χ0v) is 14.2. The number of hydrogen-bond acceptors (Lipinski definition) is 5. The van der Waals surface area contributed by atoms with Crippen molar-refractivity contribution in [2.24, 2.45) is 0 Å². The maximum atomic E-state index is 5.86. The highest BCUT2D eigenvalue weighted by molar-refractivity contribution is 7.99. The lowest BCUT2D eigenvalue weighted by atomic mass is 9.96. The van der Waals surface area contributed by atoms with Crippen LogP contribution in [0, 0.1) is 0 Å². The molecule has 0 amide bonds. The Hall–Kier alpha value is -1.33. The second-order valence-electron chi connectivity index (χ2n) is 5.61. The first-order valence-corrected chi connectivity index (χ1v) is 8.01. The molecule has 0 aromatic carbocycles. The summed E-state index contributed by atoms with van der Waals surface area (Å²) in [5.41, 5.74) is -0.103. The summed E-state index contributed by atoms with van der Waals surface area (Å²) in [6.45, 7) is 9.18. The lowest BCUT2D eigenvalue weighted by molar-refractivity contribution is 0.539. The van der Waals surface area contributed by atoms with Crippen LogP contribution in [-0.4, -0.2) is 21.5 Å². The lowest BCUT2D eigenvalue weighted by Gasteiger charge is -2.18. The molecule has 0 saturated heterocycles. The maximum absolute atomic E-state index is 5.86. The van der Waals surface area contributed by atoms with Gasteiger partial charge in [-0.25, -0.2) is 15.0 Å². The first-order valence-electron chi connectivity index (χ1n) is 6.81. The summed E-state index contributed by atoms with van der Waals surface area (Å²) in [5, 5.41) is 5.62. The predicted molar refractivity (Wildman–Crippen MR) is 88.3 cm³/mol. The molecule has 2 rings (SSSR count). The standard InChI is InChI=1S/C15H19ClN4S/c1-5-17-11-8-13(20-14(19-11)15(2,3)4)21-12-7-6-10(16)9-18-12/h6-9H,5H2,1-4H3,(H,17,19,20). The highest BCUT2D eigenvalue weighted by Crippen LogP contribution is 2.29. The lowest BCUT2D eigenvalue weighted by Crippen LogP contribution is -2.17. The van der Waals surface area contributed by atoms with Gasteiger partial charge < -0.3 is 5.32 Å². The topological polar surface area (TPSA) is 50.7 Å². The van der Waals surface area contributed by atoms with Crippen LogP contribution < -0.4 is 5.32 Å². The normalized spacial score (nSPS) is 11.5. The van der Waals surface area contributed by atoms with Crippen LogP contribution in [-0.2, 0) is 5.41 Å². The van der Waals surface area contributed by atoms with E-state index < -0.39 is 0 Å². The summed E-state index contributed by atoms with van der Waals surface area (Å²) >= 11 is 7.36. The summed E-state index contributed by atoms with van der Waals surface area (Å²) in [4.78, 5) is 13.5. The molecule has 6 heteroatoms. The van der Waals surface area contributed by atoms with E-state index in [-0.39, 0.29) is 5.41 Å². The van der Waals surface area contributed by atoms with Crippen molar-refractivity contribution in [1.82, 2.24) is 15.0 Å². The molecule has 0 unspecified atom stereocenters. The summed E-state index contributed by atoms with van der Waals surface area (Å²) in [7, 11) is 0. The smallest absolute Gasteiger partial charge is 0.137 e. The molecular formula is C15H19ClN4S. The quantitative estimate of drug-likeness (QED) is 0.845. The van der Waals surface area contributed by atoms with E-state index >= 15 is 0 Å². The third-order valence-electron chi connectivity index (χ3n) is 2.64. The molecule has 112 valence electrons. The van der Waals surface area contributed by atoms with E-state index in [0.29, 0.717) is 5.02 Å². The number of nitrogens with zero attached hydrogens (tertiary/aromatic N) is 3. The van der Waals surface area contributed by atoms with Crippen LogP contribution in [0.15, 0.2) is 34.4 Å². The molecular weight excluding hydrogens is 304 g/mol. The van der Waals surface area contributed by atoms with Crippen molar-refractivity contribution in [3.8, 4) is 0 Å². The van der Waals surface area contributed by atoms with Gasteiger partial charge in [0, 0.05) is 24.2 Å². The number of halogens is 1. The monoisotopic (exact) mass is 322 g/mol. The van der Waals surface area contributed by atoms with Gasteiger partial charge in [0.15, 0.2) is 0 Å². The molecule has 0 saturated carbocycles. The van der Waals surface area contributed by atoms with Gasteiger partial charge in [0.25, 0.3) is 0 Å². The molecule has 2 aromatic rings. The van der Waals surface area contributed by atoms with Crippen LogP contribution in [0.25, 0.3) is 0 Å². The van der Waals surface area contributed by atoms with Crippen molar-refractivity contribution in [2.45, 2.75) is 43.2 Å². The average Bonchev–Trinajstić information content (AvgIpc) is 2.41. The number of aromatic nitrogens is 3. The minimum atomic E-state index is -0.103. The highest BCUT2D eigenvalue weighted by Gasteiger charge is 2.19. The highest BCUT2D eigenvalue weighted by atomic mass is 35.5.